The summed E-state index contributed by atoms with van der Waals surface area (Å²) < 4.78 is 31.9. The van der Waals surface area contributed by atoms with Crippen LogP contribution in [0.3, 0.4) is 0 Å². The van der Waals surface area contributed by atoms with Gasteiger partial charge in [-0.15, -0.1) is 0 Å². The van der Waals surface area contributed by atoms with Crippen LogP contribution in [-0.2, 0) is 27.1 Å². The fourth-order valence-electron chi connectivity index (χ4n) is 1.99. The van der Waals surface area contributed by atoms with E-state index < -0.39 is 10.0 Å². The average molecular weight is 319 g/mol. The zero-order valence-electron chi connectivity index (χ0n) is 12.7. The summed E-state index contributed by atoms with van der Waals surface area (Å²) in [6.45, 7) is 3.09. The number of ether oxygens (including phenoxy) is 1. The standard InChI is InChI=1S/C17H21NO3S/c1-15-7-9-17(10-8-15)14-22(19,20)18-11-12-21-13-16-5-3-2-4-6-16/h2-10,18H,11-14H2,1H3. The summed E-state index contributed by atoms with van der Waals surface area (Å²) in [4.78, 5) is 0. The number of hydrogen-bond donors (Lipinski definition) is 1. The van der Waals surface area contributed by atoms with Crippen molar-refractivity contribution in [2.75, 3.05) is 13.2 Å². The highest BCUT2D eigenvalue weighted by Gasteiger charge is 2.10. The van der Waals surface area contributed by atoms with Crippen molar-refractivity contribution < 1.29 is 13.2 Å². The molecule has 0 saturated heterocycles. The molecule has 0 aliphatic heterocycles. The van der Waals surface area contributed by atoms with Gasteiger partial charge in [0, 0.05) is 6.54 Å². The van der Waals surface area contributed by atoms with Gasteiger partial charge in [-0.3, -0.25) is 0 Å². The summed E-state index contributed by atoms with van der Waals surface area (Å²) in [7, 11) is -3.32. The van der Waals surface area contributed by atoms with Gasteiger partial charge in [0.05, 0.1) is 19.0 Å². The molecule has 0 fully saturated rings. The maximum Gasteiger partial charge on any atom is 0.215 e. The van der Waals surface area contributed by atoms with E-state index in [0.717, 1.165) is 16.7 Å². The first-order valence-electron chi connectivity index (χ1n) is 7.20. The van der Waals surface area contributed by atoms with Gasteiger partial charge < -0.3 is 4.74 Å². The molecule has 2 rings (SSSR count). The molecule has 2 aromatic rings. The minimum absolute atomic E-state index is 0.00797. The molecule has 0 aromatic heterocycles. The Morgan fingerprint density at radius 3 is 2.32 bits per heavy atom. The summed E-state index contributed by atoms with van der Waals surface area (Å²) in [5.41, 5.74) is 2.97. The third kappa shape index (κ3) is 5.97. The van der Waals surface area contributed by atoms with Crippen molar-refractivity contribution in [1.82, 2.24) is 4.72 Å². The molecule has 0 unspecified atom stereocenters. The highest BCUT2D eigenvalue weighted by Crippen LogP contribution is 2.07. The van der Waals surface area contributed by atoms with Crippen LogP contribution < -0.4 is 4.72 Å². The quantitative estimate of drug-likeness (QED) is 0.761. The summed E-state index contributed by atoms with van der Waals surface area (Å²) in [5, 5.41) is 0. The zero-order valence-corrected chi connectivity index (χ0v) is 13.5. The number of aryl methyl sites for hydroxylation is 1. The fraction of sp³-hybridized carbons (Fsp3) is 0.294. The first-order valence-corrected chi connectivity index (χ1v) is 8.85. The molecule has 0 aliphatic rings. The summed E-state index contributed by atoms with van der Waals surface area (Å²) in [5.74, 6) is -0.00797. The van der Waals surface area contributed by atoms with E-state index >= 15 is 0 Å². The van der Waals surface area contributed by atoms with Gasteiger partial charge in [0.2, 0.25) is 10.0 Å². The average Bonchev–Trinajstić information content (AvgIpc) is 2.50. The SMILES string of the molecule is Cc1ccc(CS(=O)(=O)NCCOCc2ccccc2)cc1. The van der Waals surface area contributed by atoms with E-state index in [9.17, 15) is 8.42 Å². The summed E-state index contributed by atoms with van der Waals surface area (Å²) in [6, 6.07) is 17.3. The Bertz CT molecular complexity index is 667. The molecular formula is C17H21NO3S. The topological polar surface area (TPSA) is 55.4 Å². The van der Waals surface area contributed by atoms with Crippen LogP contribution in [0.15, 0.2) is 54.6 Å². The van der Waals surface area contributed by atoms with Crippen LogP contribution in [0, 0.1) is 6.92 Å². The van der Waals surface area contributed by atoms with E-state index in [1.54, 1.807) is 0 Å². The fourth-order valence-corrected chi connectivity index (χ4v) is 3.12. The van der Waals surface area contributed by atoms with Crippen molar-refractivity contribution in [3.05, 3.63) is 71.3 Å². The van der Waals surface area contributed by atoms with Crippen LogP contribution in [0.2, 0.25) is 0 Å². The molecule has 22 heavy (non-hydrogen) atoms. The van der Waals surface area contributed by atoms with Crippen LogP contribution in [0.5, 0.6) is 0 Å². The van der Waals surface area contributed by atoms with Crippen LogP contribution in [0.25, 0.3) is 0 Å². The van der Waals surface area contributed by atoms with E-state index in [2.05, 4.69) is 4.72 Å². The second kappa shape index (κ2) is 8.08. The van der Waals surface area contributed by atoms with Gasteiger partial charge in [0.25, 0.3) is 0 Å². The van der Waals surface area contributed by atoms with Gasteiger partial charge in [-0.05, 0) is 18.1 Å². The van der Waals surface area contributed by atoms with E-state index in [1.165, 1.54) is 0 Å². The van der Waals surface area contributed by atoms with Crippen LogP contribution >= 0.6 is 0 Å². The lowest BCUT2D eigenvalue weighted by Crippen LogP contribution is -2.28. The molecule has 0 saturated carbocycles. The van der Waals surface area contributed by atoms with E-state index in [1.807, 2.05) is 61.5 Å². The van der Waals surface area contributed by atoms with Crippen molar-refractivity contribution in [2.45, 2.75) is 19.3 Å². The molecule has 4 nitrogen and oxygen atoms in total. The first kappa shape index (κ1) is 16.7. The Balaban J connectivity index is 1.70. The lowest BCUT2D eigenvalue weighted by Gasteiger charge is -2.08. The van der Waals surface area contributed by atoms with Gasteiger partial charge in [-0.1, -0.05) is 60.2 Å². The Hall–Kier alpha value is -1.69. The maximum absolute atomic E-state index is 12.0. The normalized spacial score (nSPS) is 11.5. The Labute approximate surface area is 132 Å². The highest BCUT2D eigenvalue weighted by atomic mass is 32.2. The number of benzene rings is 2. The van der Waals surface area contributed by atoms with Crippen molar-refractivity contribution in [3.63, 3.8) is 0 Å². The Morgan fingerprint density at radius 2 is 1.64 bits per heavy atom. The second-order valence-corrected chi connectivity index (χ2v) is 6.98. The molecular weight excluding hydrogens is 298 g/mol. The van der Waals surface area contributed by atoms with Crippen LogP contribution in [0.1, 0.15) is 16.7 Å². The minimum Gasteiger partial charge on any atom is -0.375 e. The smallest absolute Gasteiger partial charge is 0.215 e. The molecule has 0 amide bonds. The predicted octanol–water partition coefficient (Wildman–Crippen LogP) is 2.63. The molecule has 5 heteroatoms. The van der Waals surface area contributed by atoms with Crippen LogP contribution in [-0.4, -0.2) is 21.6 Å². The second-order valence-electron chi connectivity index (χ2n) is 5.18. The number of rotatable bonds is 8. The maximum atomic E-state index is 12.0. The predicted molar refractivity (Wildman–Crippen MR) is 87.9 cm³/mol. The van der Waals surface area contributed by atoms with Gasteiger partial charge in [-0.2, -0.15) is 0 Å². The van der Waals surface area contributed by atoms with Gasteiger partial charge >= 0.3 is 0 Å². The van der Waals surface area contributed by atoms with Gasteiger partial charge in [-0.25, -0.2) is 13.1 Å². The molecule has 0 aliphatic carbocycles. The molecule has 0 spiro atoms. The van der Waals surface area contributed by atoms with Crippen LogP contribution in [0.4, 0.5) is 0 Å². The van der Waals surface area contributed by atoms with Gasteiger partial charge in [0.15, 0.2) is 0 Å². The van der Waals surface area contributed by atoms with Gasteiger partial charge in [0.1, 0.15) is 0 Å². The lowest BCUT2D eigenvalue weighted by atomic mass is 10.2. The van der Waals surface area contributed by atoms with E-state index in [-0.39, 0.29) is 12.3 Å². The zero-order chi connectivity index (χ0) is 15.8. The van der Waals surface area contributed by atoms with E-state index in [4.69, 9.17) is 4.74 Å². The molecule has 118 valence electrons. The largest absolute Gasteiger partial charge is 0.375 e. The monoisotopic (exact) mass is 319 g/mol. The molecule has 1 N–H and O–H groups in total. The number of nitrogens with one attached hydrogen (secondary N) is 1. The minimum atomic E-state index is -3.32. The lowest BCUT2D eigenvalue weighted by molar-refractivity contribution is 0.126. The molecule has 2 aromatic carbocycles. The van der Waals surface area contributed by atoms with Crippen molar-refractivity contribution in [3.8, 4) is 0 Å². The first-order chi connectivity index (χ1) is 10.6. The number of sulfonamides is 1. The molecule has 0 heterocycles. The molecule has 0 bridgehead atoms. The molecule has 0 atom stereocenters. The third-order valence-electron chi connectivity index (χ3n) is 3.16. The van der Waals surface area contributed by atoms with Crippen molar-refractivity contribution in [1.29, 1.82) is 0 Å². The van der Waals surface area contributed by atoms with E-state index in [0.29, 0.717) is 13.2 Å². The Kier molecular flexibility index (Phi) is 6.12. The third-order valence-corrected chi connectivity index (χ3v) is 4.51. The Morgan fingerprint density at radius 1 is 0.955 bits per heavy atom. The summed E-state index contributed by atoms with van der Waals surface area (Å²) >= 11 is 0. The molecule has 0 radical (unpaired) electrons. The summed E-state index contributed by atoms with van der Waals surface area (Å²) in [6.07, 6.45) is 0. The highest BCUT2D eigenvalue weighted by molar-refractivity contribution is 7.88. The van der Waals surface area contributed by atoms with Crippen molar-refractivity contribution >= 4 is 10.0 Å². The van der Waals surface area contributed by atoms with Crippen molar-refractivity contribution in [2.24, 2.45) is 0 Å². The number of hydrogen-bond acceptors (Lipinski definition) is 3.